The Morgan fingerprint density at radius 3 is 2.68 bits per heavy atom. The molecule has 106 valence electrons. The number of hydrogen-bond acceptors (Lipinski definition) is 1. The lowest BCUT2D eigenvalue weighted by Crippen LogP contribution is -2.37. The van der Waals surface area contributed by atoms with Gasteiger partial charge in [-0.05, 0) is 43.4 Å². The fraction of sp³-hybridized carbons (Fsp3) is 0.533. The van der Waals surface area contributed by atoms with Gasteiger partial charge in [0.25, 0.3) is 0 Å². The van der Waals surface area contributed by atoms with E-state index in [4.69, 9.17) is 17.3 Å². The van der Waals surface area contributed by atoms with Crippen LogP contribution in [0.1, 0.15) is 33.3 Å². The van der Waals surface area contributed by atoms with Gasteiger partial charge in [0.15, 0.2) is 5.96 Å². The van der Waals surface area contributed by atoms with Crippen LogP contribution in [0.2, 0.25) is 5.02 Å². The molecule has 0 radical (unpaired) electrons. The summed E-state index contributed by atoms with van der Waals surface area (Å²) in [6.07, 6.45) is 0.923. The summed E-state index contributed by atoms with van der Waals surface area (Å²) >= 11 is 6.00. The normalized spacial score (nSPS) is 12.8. The molecule has 0 aliphatic carbocycles. The first-order valence-corrected chi connectivity index (χ1v) is 6.97. The highest BCUT2D eigenvalue weighted by Gasteiger charge is 2.18. The molecule has 1 aromatic rings. The van der Waals surface area contributed by atoms with E-state index in [2.05, 4.69) is 30.2 Å². The number of nitrogens with zero attached hydrogens (tertiary/aromatic N) is 1. The van der Waals surface area contributed by atoms with Crippen molar-refractivity contribution in [1.29, 1.82) is 0 Å². The Balaban J connectivity index is 2.61. The third kappa shape index (κ3) is 6.48. The Bertz CT molecular complexity index is 439. The highest BCUT2D eigenvalue weighted by Crippen LogP contribution is 2.23. The summed E-state index contributed by atoms with van der Waals surface area (Å²) < 4.78 is 0. The van der Waals surface area contributed by atoms with Crippen molar-refractivity contribution in [2.45, 2.75) is 40.2 Å². The standard InChI is InChI=1S/C15H24ClN3/c1-11(2)19-14(17)18-10-15(3,4)9-12-6-5-7-13(16)8-12/h5-8,11H,9-10H2,1-4H3,(H3,17,18,19). The Morgan fingerprint density at radius 1 is 1.42 bits per heavy atom. The van der Waals surface area contributed by atoms with Crippen LogP contribution in [0.25, 0.3) is 0 Å². The lowest BCUT2D eigenvalue weighted by molar-refractivity contribution is 0.377. The number of hydrogen-bond donors (Lipinski definition) is 2. The summed E-state index contributed by atoms with van der Waals surface area (Å²) in [4.78, 5) is 4.40. The Morgan fingerprint density at radius 2 is 2.11 bits per heavy atom. The molecule has 0 aliphatic heterocycles. The molecule has 0 unspecified atom stereocenters. The van der Waals surface area contributed by atoms with Gasteiger partial charge in [0.2, 0.25) is 0 Å². The van der Waals surface area contributed by atoms with Crippen LogP contribution in [0, 0.1) is 5.41 Å². The van der Waals surface area contributed by atoms with Crippen LogP contribution in [0.3, 0.4) is 0 Å². The van der Waals surface area contributed by atoms with E-state index in [1.54, 1.807) is 0 Å². The van der Waals surface area contributed by atoms with Gasteiger partial charge >= 0.3 is 0 Å². The maximum Gasteiger partial charge on any atom is 0.188 e. The van der Waals surface area contributed by atoms with Crippen LogP contribution in [0.5, 0.6) is 0 Å². The van der Waals surface area contributed by atoms with Crippen LogP contribution < -0.4 is 11.1 Å². The highest BCUT2D eigenvalue weighted by molar-refractivity contribution is 6.30. The zero-order valence-corrected chi connectivity index (χ0v) is 13.0. The molecule has 0 bridgehead atoms. The molecule has 0 aromatic heterocycles. The molecule has 0 saturated carbocycles. The van der Waals surface area contributed by atoms with E-state index < -0.39 is 0 Å². The van der Waals surface area contributed by atoms with Gasteiger partial charge in [-0.3, -0.25) is 4.99 Å². The first kappa shape index (κ1) is 15.8. The van der Waals surface area contributed by atoms with Gasteiger partial charge in [-0.15, -0.1) is 0 Å². The largest absolute Gasteiger partial charge is 0.370 e. The molecule has 1 rings (SSSR count). The number of rotatable bonds is 5. The van der Waals surface area contributed by atoms with Gasteiger partial charge in [-0.2, -0.15) is 0 Å². The summed E-state index contributed by atoms with van der Waals surface area (Å²) in [6.45, 7) is 9.13. The van der Waals surface area contributed by atoms with Crippen LogP contribution >= 0.6 is 11.6 Å². The van der Waals surface area contributed by atoms with E-state index in [1.807, 2.05) is 32.0 Å². The fourth-order valence-corrected chi connectivity index (χ4v) is 2.11. The lowest BCUT2D eigenvalue weighted by atomic mass is 9.86. The topological polar surface area (TPSA) is 50.4 Å². The van der Waals surface area contributed by atoms with Crippen molar-refractivity contribution in [3.63, 3.8) is 0 Å². The van der Waals surface area contributed by atoms with Gasteiger partial charge in [-0.1, -0.05) is 37.6 Å². The number of guanidine groups is 1. The molecule has 0 fully saturated rings. The second-order valence-electron chi connectivity index (χ2n) is 5.97. The maximum atomic E-state index is 6.00. The van der Waals surface area contributed by atoms with Crippen LogP contribution in [-0.4, -0.2) is 18.5 Å². The third-order valence-corrected chi connectivity index (χ3v) is 2.92. The lowest BCUT2D eigenvalue weighted by Gasteiger charge is -2.23. The molecule has 4 heteroatoms. The average Bonchev–Trinajstić information content (AvgIpc) is 2.25. The predicted molar refractivity (Wildman–Crippen MR) is 83.7 cm³/mol. The first-order valence-electron chi connectivity index (χ1n) is 6.59. The number of aliphatic imine (C=N–C) groups is 1. The van der Waals surface area contributed by atoms with Crippen molar-refractivity contribution in [3.05, 3.63) is 34.9 Å². The minimum Gasteiger partial charge on any atom is -0.370 e. The molecule has 0 saturated heterocycles. The summed E-state index contributed by atoms with van der Waals surface area (Å²) in [7, 11) is 0. The third-order valence-electron chi connectivity index (χ3n) is 2.69. The van der Waals surface area contributed by atoms with Gasteiger partial charge < -0.3 is 11.1 Å². The Kier molecular flexibility index (Phi) is 5.67. The van der Waals surface area contributed by atoms with Crippen LogP contribution in [-0.2, 0) is 6.42 Å². The van der Waals surface area contributed by atoms with E-state index in [1.165, 1.54) is 5.56 Å². The molecule has 0 heterocycles. The molecule has 19 heavy (non-hydrogen) atoms. The molecule has 3 nitrogen and oxygen atoms in total. The van der Waals surface area contributed by atoms with E-state index in [9.17, 15) is 0 Å². The van der Waals surface area contributed by atoms with Crippen molar-refractivity contribution in [1.82, 2.24) is 5.32 Å². The zero-order valence-electron chi connectivity index (χ0n) is 12.2. The van der Waals surface area contributed by atoms with Crippen LogP contribution in [0.15, 0.2) is 29.3 Å². The van der Waals surface area contributed by atoms with Crippen molar-refractivity contribution in [3.8, 4) is 0 Å². The molecule has 0 atom stereocenters. The van der Waals surface area contributed by atoms with Crippen molar-refractivity contribution < 1.29 is 0 Å². The fourth-order valence-electron chi connectivity index (χ4n) is 1.90. The zero-order chi connectivity index (χ0) is 14.5. The molecular formula is C15H24ClN3. The monoisotopic (exact) mass is 281 g/mol. The molecular weight excluding hydrogens is 258 g/mol. The van der Waals surface area contributed by atoms with Crippen molar-refractivity contribution >= 4 is 17.6 Å². The number of benzene rings is 1. The molecule has 0 aliphatic rings. The van der Waals surface area contributed by atoms with Gasteiger partial charge in [0, 0.05) is 17.6 Å². The summed E-state index contributed by atoms with van der Waals surface area (Å²) in [5, 5.41) is 3.87. The average molecular weight is 282 g/mol. The summed E-state index contributed by atoms with van der Waals surface area (Å²) in [5.41, 5.74) is 7.09. The summed E-state index contributed by atoms with van der Waals surface area (Å²) in [5.74, 6) is 0.508. The van der Waals surface area contributed by atoms with Gasteiger partial charge in [0.05, 0.1) is 0 Å². The highest BCUT2D eigenvalue weighted by atomic mass is 35.5. The van der Waals surface area contributed by atoms with E-state index in [0.29, 0.717) is 18.5 Å². The molecule has 1 aromatic carbocycles. The van der Waals surface area contributed by atoms with E-state index in [0.717, 1.165) is 11.4 Å². The Labute approximate surface area is 121 Å². The minimum atomic E-state index is 0.0496. The molecule has 3 N–H and O–H groups in total. The number of nitrogens with two attached hydrogens (primary N) is 1. The molecule has 0 spiro atoms. The van der Waals surface area contributed by atoms with E-state index >= 15 is 0 Å². The SMILES string of the molecule is CC(C)NC(N)=NCC(C)(C)Cc1cccc(Cl)c1. The van der Waals surface area contributed by atoms with Gasteiger partial charge in [-0.25, -0.2) is 0 Å². The second-order valence-corrected chi connectivity index (χ2v) is 6.41. The number of halogens is 1. The Hall–Kier alpha value is -1.22. The van der Waals surface area contributed by atoms with Crippen LogP contribution in [0.4, 0.5) is 0 Å². The summed E-state index contributed by atoms with van der Waals surface area (Å²) in [6, 6.07) is 8.27. The first-order chi connectivity index (χ1) is 8.78. The van der Waals surface area contributed by atoms with Gasteiger partial charge in [0.1, 0.15) is 0 Å². The molecule has 0 amide bonds. The quantitative estimate of drug-likeness (QED) is 0.643. The van der Waals surface area contributed by atoms with Crippen molar-refractivity contribution in [2.75, 3.05) is 6.54 Å². The maximum absolute atomic E-state index is 6.00. The number of nitrogens with one attached hydrogen (secondary N) is 1. The van der Waals surface area contributed by atoms with E-state index in [-0.39, 0.29) is 5.41 Å². The second kappa shape index (κ2) is 6.80. The minimum absolute atomic E-state index is 0.0496. The van der Waals surface area contributed by atoms with Crippen molar-refractivity contribution in [2.24, 2.45) is 16.1 Å². The predicted octanol–water partition coefficient (Wildman–Crippen LogP) is 3.22. The smallest absolute Gasteiger partial charge is 0.188 e.